The van der Waals surface area contributed by atoms with Crippen LogP contribution in [0.25, 0.3) is 0 Å². The van der Waals surface area contributed by atoms with Crippen LogP contribution in [0.1, 0.15) is 26.7 Å². The van der Waals surface area contributed by atoms with Gasteiger partial charge in [-0.15, -0.1) is 6.42 Å². The number of carboxylic acid groups (broad SMARTS) is 1. The highest BCUT2D eigenvalue weighted by molar-refractivity contribution is 5.86. The minimum absolute atomic E-state index is 0.0752. The predicted molar refractivity (Wildman–Crippen MR) is 69.5 cm³/mol. The van der Waals surface area contributed by atoms with E-state index in [9.17, 15) is 14.7 Å². The Morgan fingerprint density at radius 2 is 1.95 bits per heavy atom. The molecule has 0 aromatic rings. The average Bonchev–Trinajstić information content (AvgIpc) is 2.36. The summed E-state index contributed by atoms with van der Waals surface area (Å²) in [7, 11) is 0. The third kappa shape index (κ3) is 3.86. The maximum atomic E-state index is 11.9. The van der Waals surface area contributed by atoms with E-state index in [1.807, 2.05) is 13.8 Å². The first-order valence-electron chi connectivity index (χ1n) is 6.27. The summed E-state index contributed by atoms with van der Waals surface area (Å²) in [5, 5.41) is 14.4. The predicted octanol–water partition coefficient (Wildman–Crippen LogP) is 0.577. The van der Waals surface area contributed by atoms with Crippen molar-refractivity contribution in [2.45, 2.75) is 38.3 Å². The van der Waals surface area contributed by atoms with Crippen molar-refractivity contribution in [1.29, 1.82) is 0 Å². The van der Waals surface area contributed by atoms with E-state index >= 15 is 0 Å². The molecule has 3 N–H and O–H groups in total. The Kier molecular flexibility index (Phi) is 5.19. The fourth-order valence-electron chi connectivity index (χ4n) is 1.91. The average molecular weight is 268 g/mol. The minimum Gasteiger partial charge on any atom is -0.480 e. The number of rotatable bonds is 4. The van der Waals surface area contributed by atoms with Gasteiger partial charge in [-0.25, -0.2) is 9.59 Å². The second-order valence-corrected chi connectivity index (χ2v) is 4.99. The van der Waals surface area contributed by atoms with Gasteiger partial charge in [0.2, 0.25) is 0 Å². The Labute approximate surface area is 112 Å². The summed E-state index contributed by atoms with van der Waals surface area (Å²) >= 11 is 0. The molecule has 1 aliphatic heterocycles. The quantitative estimate of drug-likeness (QED) is 0.651. The van der Waals surface area contributed by atoms with Gasteiger partial charge in [-0.3, -0.25) is 0 Å². The molecule has 0 saturated carbocycles. The Bertz CT molecular complexity index is 381. The molecule has 106 valence electrons. The molecule has 1 fully saturated rings. The van der Waals surface area contributed by atoms with Crippen LogP contribution < -0.4 is 10.6 Å². The number of amides is 2. The number of nitrogens with one attached hydrogen (secondary N) is 2. The van der Waals surface area contributed by atoms with Crippen molar-refractivity contribution in [3.05, 3.63) is 0 Å². The van der Waals surface area contributed by atoms with Crippen LogP contribution in [0.15, 0.2) is 0 Å². The van der Waals surface area contributed by atoms with E-state index in [2.05, 4.69) is 16.6 Å². The molecule has 1 heterocycles. The van der Waals surface area contributed by atoms with E-state index in [0.717, 1.165) is 0 Å². The standard InChI is InChI=1S/C13H20N2O4/c1-4-10(9(2)3)14-12(18)15-13(11(16)17)5-7-19-8-6-13/h1,9-10H,5-8H2,2-3H3,(H,16,17)(H2,14,15,18). The summed E-state index contributed by atoms with van der Waals surface area (Å²) in [5.41, 5.74) is -1.27. The van der Waals surface area contributed by atoms with E-state index in [-0.39, 0.29) is 18.8 Å². The summed E-state index contributed by atoms with van der Waals surface area (Å²) < 4.78 is 5.13. The van der Waals surface area contributed by atoms with E-state index < -0.39 is 23.6 Å². The molecule has 19 heavy (non-hydrogen) atoms. The molecule has 1 atom stereocenters. The molecular formula is C13H20N2O4. The van der Waals surface area contributed by atoms with Crippen LogP contribution >= 0.6 is 0 Å². The molecular weight excluding hydrogens is 248 g/mol. The van der Waals surface area contributed by atoms with Crippen LogP contribution in [0, 0.1) is 18.3 Å². The Hall–Kier alpha value is -1.74. The zero-order valence-corrected chi connectivity index (χ0v) is 11.2. The van der Waals surface area contributed by atoms with Crippen LogP contribution in [0.4, 0.5) is 4.79 Å². The van der Waals surface area contributed by atoms with Gasteiger partial charge in [0.1, 0.15) is 5.54 Å². The van der Waals surface area contributed by atoms with Crippen molar-refractivity contribution < 1.29 is 19.4 Å². The minimum atomic E-state index is -1.27. The van der Waals surface area contributed by atoms with Crippen molar-refractivity contribution >= 4 is 12.0 Å². The van der Waals surface area contributed by atoms with Gasteiger partial charge < -0.3 is 20.5 Å². The van der Waals surface area contributed by atoms with Gasteiger partial charge in [0.25, 0.3) is 0 Å². The number of carboxylic acids is 1. The lowest BCUT2D eigenvalue weighted by Crippen LogP contribution is -2.60. The Balaban J connectivity index is 2.67. The van der Waals surface area contributed by atoms with E-state index in [1.54, 1.807) is 0 Å². The molecule has 0 bridgehead atoms. The molecule has 0 aliphatic carbocycles. The van der Waals surface area contributed by atoms with Gasteiger partial charge in [0, 0.05) is 26.1 Å². The first kappa shape index (κ1) is 15.3. The molecule has 1 unspecified atom stereocenters. The normalized spacial score (nSPS) is 19.3. The molecule has 0 aromatic heterocycles. The zero-order chi connectivity index (χ0) is 14.5. The topological polar surface area (TPSA) is 87.7 Å². The lowest BCUT2D eigenvalue weighted by Gasteiger charge is -2.34. The first-order valence-corrected chi connectivity index (χ1v) is 6.27. The number of ether oxygens (including phenoxy) is 1. The Morgan fingerprint density at radius 3 is 2.37 bits per heavy atom. The van der Waals surface area contributed by atoms with Crippen LogP contribution in [0.2, 0.25) is 0 Å². The number of hydrogen-bond donors (Lipinski definition) is 3. The fourth-order valence-corrected chi connectivity index (χ4v) is 1.91. The third-order valence-electron chi connectivity index (χ3n) is 3.24. The monoisotopic (exact) mass is 268 g/mol. The SMILES string of the molecule is C#CC(NC(=O)NC1(C(=O)O)CCOCC1)C(C)C. The van der Waals surface area contributed by atoms with Crippen LogP contribution in [-0.2, 0) is 9.53 Å². The third-order valence-corrected chi connectivity index (χ3v) is 3.24. The smallest absolute Gasteiger partial charge is 0.329 e. The van der Waals surface area contributed by atoms with Gasteiger partial charge in [0.05, 0.1) is 6.04 Å². The molecule has 1 saturated heterocycles. The van der Waals surface area contributed by atoms with Gasteiger partial charge in [-0.2, -0.15) is 0 Å². The second kappa shape index (κ2) is 6.43. The first-order chi connectivity index (χ1) is 8.91. The Morgan fingerprint density at radius 1 is 1.37 bits per heavy atom. The van der Waals surface area contributed by atoms with Gasteiger partial charge >= 0.3 is 12.0 Å². The molecule has 2 amide bonds. The number of terminal acetylenes is 1. The summed E-state index contributed by atoms with van der Waals surface area (Å²) in [4.78, 5) is 23.2. The van der Waals surface area contributed by atoms with Crippen molar-refractivity contribution in [3.63, 3.8) is 0 Å². The summed E-state index contributed by atoms with van der Waals surface area (Å²) in [5.74, 6) is 1.49. The van der Waals surface area contributed by atoms with Crippen molar-refractivity contribution in [3.8, 4) is 12.3 Å². The number of aliphatic carboxylic acids is 1. The van der Waals surface area contributed by atoms with E-state index in [0.29, 0.717) is 13.2 Å². The van der Waals surface area contributed by atoms with Gasteiger partial charge in [-0.1, -0.05) is 19.8 Å². The number of urea groups is 1. The lowest BCUT2D eigenvalue weighted by molar-refractivity contribution is -0.148. The number of hydrogen-bond acceptors (Lipinski definition) is 3. The molecule has 0 radical (unpaired) electrons. The van der Waals surface area contributed by atoms with Crippen molar-refractivity contribution in [2.75, 3.05) is 13.2 Å². The molecule has 1 rings (SSSR count). The number of carbonyl (C=O) groups excluding carboxylic acids is 1. The highest BCUT2D eigenvalue weighted by Crippen LogP contribution is 2.21. The maximum Gasteiger partial charge on any atom is 0.329 e. The van der Waals surface area contributed by atoms with Crippen LogP contribution in [0.5, 0.6) is 0 Å². The molecule has 0 spiro atoms. The summed E-state index contributed by atoms with van der Waals surface area (Å²) in [6.07, 6.45) is 5.82. The van der Waals surface area contributed by atoms with E-state index in [1.165, 1.54) is 0 Å². The summed E-state index contributed by atoms with van der Waals surface area (Å²) in [6.45, 7) is 4.39. The van der Waals surface area contributed by atoms with Gasteiger partial charge in [-0.05, 0) is 5.92 Å². The zero-order valence-electron chi connectivity index (χ0n) is 11.2. The van der Waals surface area contributed by atoms with E-state index in [4.69, 9.17) is 11.2 Å². The summed E-state index contributed by atoms with van der Waals surface area (Å²) in [6, 6.07) is -0.980. The van der Waals surface area contributed by atoms with Crippen molar-refractivity contribution in [1.82, 2.24) is 10.6 Å². The lowest BCUT2D eigenvalue weighted by atomic mass is 9.90. The highest BCUT2D eigenvalue weighted by Gasteiger charge is 2.41. The van der Waals surface area contributed by atoms with Crippen LogP contribution in [0.3, 0.4) is 0 Å². The largest absolute Gasteiger partial charge is 0.480 e. The van der Waals surface area contributed by atoms with Crippen molar-refractivity contribution in [2.24, 2.45) is 5.92 Å². The highest BCUT2D eigenvalue weighted by atomic mass is 16.5. The molecule has 6 heteroatoms. The maximum absolute atomic E-state index is 11.9. The molecule has 0 aromatic carbocycles. The molecule has 1 aliphatic rings. The van der Waals surface area contributed by atoms with Crippen LogP contribution in [-0.4, -0.2) is 41.9 Å². The fraction of sp³-hybridized carbons (Fsp3) is 0.692. The molecule has 6 nitrogen and oxygen atoms in total. The second-order valence-electron chi connectivity index (χ2n) is 4.99. The number of carbonyl (C=O) groups is 2. The van der Waals surface area contributed by atoms with Gasteiger partial charge in [0.15, 0.2) is 0 Å².